The highest BCUT2D eigenvalue weighted by Crippen LogP contribution is 2.55. The molecule has 4 aromatic rings. The summed E-state index contributed by atoms with van der Waals surface area (Å²) in [5.41, 5.74) is 3.32. The van der Waals surface area contributed by atoms with Crippen LogP contribution in [0.3, 0.4) is 0 Å². The van der Waals surface area contributed by atoms with Crippen LogP contribution in [-0.2, 0) is 10.2 Å². The van der Waals surface area contributed by atoms with E-state index in [9.17, 15) is 0 Å². The molecule has 0 aromatic heterocycles. The van der Waals surface area contributed by atoms with Crippen LogP contribution in [0.5, 0.6) is 0 Å². The summed E-state index contributed by atoms with van der Waals surface area (Å²) >= 11 is 0. The molecule has 0 bridgehead atoms. The molecule has 4 aromatic carbocycles. The monoisotopic (exact) mass is 391 g/mol. The van der Waals surface area contributed by atoms with Crippen LogP contribution in [0.1, 0.15) is 25.0 Å². The van der Waals surface area contributed by atoms with Crippen LogP contribution in [0.25, 0.3) is 27.6 Å². The van der Waals surface area contributed by atoms with E-state index in [1.165, 1.54) is 38.4 Å². The molecule has 2 heterocycles. The number of ether oxygens (including phenoxy) is 1. The van der Waals surface area contributed by atoms with Crippen LogP contribution in [-0.4, -0.2) is 18.9 Å². The minimum Gasteiger partial charge on any atom is -0.349 e. The van der Waals surface area contributed by atoms with Crippen molar-refractivity contribution in [3.8, 4) is 0 Å². The van der Waals surface area contributed by atoms with E-state index in [-0.39, 0.29) is 5.41 Å². The first-order valence-electron chi connectivity index (χ1n) is 10.7. The van der Waals surface area contributed by atoms with Crippen molar-refractivity contribution in [2.75, 3.05) is 18.1 Å². The first kappa shape index (κ1) is 17.7. The van der Waals surface area contributed by atoms with E-state index in [1.54, 1.807) is 0 Å². The van der Waals surface area contributed by atoms with Crippen LogP contribution in [0, 0.1) is 0 Å². The number of benzene rings is 4. The molecule has 0 radical (unpaired) electrons. The lowest BCUT2D eigenvalue weighted by atomic mass is 9.77. The number of hydrogen-bond donors (Lipinski definition) is 0. The van der Waals surface area contributed by atoms with Crippen molar-refractivity contribution < 1.29 is 4.74 Å². The fraction of sp³-hybridized carbons (Fsp3) is 0.214. The van der Waals surface area contributed by atoms with Crippen LogP contribution in [0.2, 0.25) is 0 Å². The number of hydrogen-bond acceptors (Lipinski definition) is 2. The molecule has 0 amide bonds. The summed E-state index contributed by atoms with van der Waals surface area (Å²) in [5.74, 6) is 0. The second-order valence-corrected chi connectivity index (χ2v) is 8.90. The molecular formula is C28H25NO. The summed E-state index contributed by atoms with van der Waals surface area (Å²) in [6.07, 6.45) is 4.62. The molecule has 0 N–H and O–H groups in total. The molecule has 2 nitrogen and oxygen atoms in total. The number of anilines is 1. The van der Waals surface area contributed by atoms with Crippen molar-refractivity contribution in [3.05, 3.63) is 96.1 Å². The van der Waals surface area contributed by atoms with Gasteiger partial charge >= 0.3 is 0 Å². The molecule has 30 heavy (non-hydrogen) atoms. The average Bonchev–Trinajstić information content (AvgIpc) is 3.28. The predicted octanol–water partition coefficient (Wildman–Crippen LogP) is 6.53. The summed E-state index contributed by atoms with van der Waals surface area (Å²) in [7, 11) is 0. The maximum atomic E-state index is 6.55. The van der Waals surface area contributed by atoms with Gasteiger partial charge in [-0.3, -0.25) is 0 Å². The van der Waals surface area contributed by atoms with Crippen molar-refractivity contribution in [1.29, 1.82) is 0 Å². The third kappa shape index (κ3) is 2.23. The lowest BCUT2D eigenvalue weighted by Gasteiger charge is -2.39. The standard InChI is InChI=1S/C28H25NO/c1-27(2)25-13-7-8-14-26(25)29-17-18-30-28(27,29)16-15-24-22-11-5-3-9-20(22)19-21-10-4-6-12-23(21)24/h3-16,19H,17-18H2,1-2H3/b16-15+. The van der Waals surface area contributed by atoms with Crippen molar-refractivity contribution in [3.63, 3.8) is 0 Å². The Hall–Kier alpha value is -3.10. The molecule has 1 unspecified atom stereocenters. The van der Waals surface area contributed by atoms with Gasteiger partial charge in [-0.2, -0.15) is 0 Å². The van der Waals surface area contributed by atoms with Crippen LogP contribution in [0.15, 0.2) is 84.9 Å². The number of rotatable bonds is 2. The molecule has 2 aliphatic rings. The summed E-state index contributed by atoms with van der Waals surface area (Å²) < 4.78 is 6.55. The van der Waals surface area contributed by atoms with Crippen LogP contribution in [0.4, 0.5) is 5.69 Å². The van der Waals surface area contributed by atoms with Gasteiger partial charge in [-0.15, -0.1) is 0 Å². The second kappa shape index (κ2) is 6.20. The first-order valence-corrected chi connectivity index (χ1v) is 10.7. The molecule has 2 heteroatoms. The Labute approximate surface area is 177 Å². The quantitative estimate of drug-likeness (QED) is 0.360. The maximum absolute atomic E-state index is 6.55. The number of para-hydroxylation sites is 1. The van der Waals surface area contributed by atoms with Crippen molar-refractivity contribution in [2.45, 2.75) is 25.0 Å². The zero-order valence-electron chi connectivity index (χ0n) is 17.4. The summed E-state index contributed by atoms with van der Waals surface area (Å²) in [5, 5.41) is 5.10. The lowest BCUT2D eigenvalue weighted by molar-refractivity contribution is 0.000344. The molecule has 148 valence electrons. The van der Waals surface area contributed by atoms with Gasteiger partial charge in [-0.25, -0.2) is 0 Å². The normalized spacial score (nSPS) is 22.1. The van der Waals surface area contributed by atoms with Gasteiger partial charge in [0.25, 0.3) is 0 Å². The predicted molar refractivity (Wildman–Crippen MR) is 126 cm³/mol. The topological polar surface area (TPSA) is 12.5 Å². The van der Waals surface area contributed by atoms with Crippen LogP contribution >= 0.6 is 0 Å². The fourth-order valence-corrected chi connectivity index (χ4v) is 5.56. The van der Waals surface area contributed by atoms with E-state index in [0.717, 1.165) is 13.2 Å². The van der Waals surface area contributed by atoms with E-state index < -0.39 is 5.72 Å². The van der Waals surface area contributed by atoms with Crippen LogP contribution < -0.4 is 4.90 Å². The largest absolute Gasteiger partial charge is 0.349 e. The fourth-order valence-electron chi connectivity index (χ4n) is 5.56. The smallest absolute Gasteiger partial charge is 0.170 e. The Morgan fingerprint density at radius 2 is 1.47 bits per heavy atom. The molecule has 0 saturated carbocycles. The Morgan fingerprint density at radius 1 is 0.833 bits per heavy atom. The second-order valence-electron chi connectivity index (χ2n) is 8.90. The maximum Gasteiger partial charge on any atom is 0.170 e. The third-order valence-electron chi connectivity index (χ3n) is 7.09. The summed E-state index contributed by atoms with van der Waals surface area (Å²) in [4.78, 5) is 2.45. The van der Waals surface area contributed by atoms with Crippen molar-refractivity contribution >= 4 is 33.3 Å². The molecule has 1 atom stereocenters. The molecule has 1 saturated heterocycles. The van der Waals surface area contributed by atoms with Gasteiger partial charge in [0.15, 0.2) is 5.72 Å². The van der Waals surface area contributed by atoms with Gasteiger partial charge in [-0.05, 0) is 50.9 Å². The molecule has 0 aliphatic carbocycles. The summed E-state index contributed by atoms with van der Waals surface area (Å²) in [6, 6.07) is 28.4. The van der Waals surface area contributed by atoms with Gasteiger partial charge in [0.05, 0.1) is 6.61 Å². The van der Waals surface area contributed by atoms with E-state index >= 15 is 0 Å². The molecule has 1 fully saturated rings. The van der Waals surface area contributed by atoms with Gasteiger partial charge in [0.2, 0.25) is 0 Å². The SMILES string of the molecule is CC1(C)c2ccccc2N2CCOC21/C=C/c1c2ccccc2cc2ccccc12. The Balaban J connectivity index is 1.58. The molecule has 0 spiro atoms. The minimum atomic E-state index is -0.464. The van der Waals surface area contributed by atoms with Gasteiger partial charge in [-0.1, -0.05) is 86.7 Å². The number of nitrogens with zero attached hydrogens (tertiary/aromatic N) is 1. The van der Waals surface area contributed by atoms with Gasteiger partial charge in [0, 0.05) is 17.6 Å². The van der Waals surface area contributed by atoms with Crippen molar-refractivity contribution in [2.24, 2.45) is 0 Å². The third-order valence-corrected chi connectivity index (χ3v) is 7.09. The van der Waals surface area contributed by atoms with Crippen molar-refractivity contribution in [1.82, 2.24) is 0 Å². The highest BCUT2D eigenvalue weighted by molar-refractivity contribution is 6.06. The average molecular weight is 392 g/mol. The lowest BCUT2D eigenvalue weighted by Crippen LogP contribution is -2.51. The molecular weight excluding hydrogens is 366 g/mol. The highest BCUT2D eigenvalue weighted by atomic mass is 16.5. The number of fused-ring (bicyclic) bond motifs is 5. The first-order chi connectivity index (χ1) is 14.6. The Morgan fingerprint density at radius 3 is 2.20 bits per heavy atom. The molecule has 2 aliphatic heterocycles. The Bertz CT molecular complexity index is 1260. The van der Waals surface area contributed by atoms with Gasteiger partial charge < -0.3 is 9.64 Å². The zero-order chi connectivity index (χ0) is 20.3. The van der Waals surface area contributed by atoms with E-state index in [0.29, 0.717) is 0 Å². The van der Waals surface area contributed by atoms with E-state index in [4.69, 9.17) is 4.74 Å². The van der Waals surface area contributed by atoms with E-state index in [2.05, 4.69) is 110 Å². The minimum absolute atomic E-state index is 0.142. The highest BCUT2D eigenvalue weighted by Gasteiger charge is 2.58. The molecule has 6 rings (SSSR count). The van der Waals surface area contributed by atoms with E-state index in [1.807, 2.05) is 0 Å². The summed E-state index contributed by atoms with van der Waals surface area (Å²) in [6.45, 7) is 6.28. The zero-order valence-corrected chi connectivity index (χ0v) is 17.4. The Kier molecular flexibility index (Phi) is 3.66. The van der Waals surface area contributed by atoms with Gasteiger partial charge in [0.1, 0.15) is 0 Å².